The molecule has 1 aromatic heterocycles. The summed E-state index contributed by atoms with van der Waals surface area (Å²) in [5.74, 6) is 0. The van der Waals surface area contributed by atoms with Crippen molar-refractivity contribution in [2.24, 2.45) is 0 Å². The minimum atomic E-state index is 0.383. The first kappa shape index (κ1) is 8.54. The Morgan fingerprint density at radius 2 is 2.42 bits per heavy atom. The molecule has 0 spiro atoms. The van der Waals surface area contributed by atoms with Crippen molar-refractivity contribution in [1.29, 1.82) is 0 Å². The molecule has 1 fully saturated rings. The molecule has 0 atom stereocenters. The van der Waals surface area contributed by atoms with E-state index < -0.39 is 0 Å². The first-order chi connectivity index (χ1) is 5.76. The molecule has 1 saturated carbocycles. The van der Waals surface area contributed by atoms with Crippen LogP contribution in [0.15, 0.2) is 11.4 Å². The molecule has 0 amide bonds. The van der Waals surface area contributed by atoms with Crippen molar-refractivity contribution in [1.82, 2.24) is 5.32 Å². The molecule has 0 radical (unpaired) electrons. The maximum Gasteiger partial charge on any atom is 0.0545 e. The van der Waals surface area contributed by atoms with Gasteiger partial charge in [-0.05, 0) is 31.3 Å². The van der Waals surface area contributed by atoms with Crippen molar-refractivity contribution >= 4 is 22.9 Å². The van der Waals surface area contributed by atoms with E-state index in [1.807, 2.05) is 13.1 Å². The summed E-state index contributed by atoms with van der Waals surface area (Å²) < 4.78 is 0. The molecule has 66 valence electrons. The number of likely N-dealkylation sites (N-methyl/N-ethyl adjacent to an activating group) is 1. The molecule has 12 heavy (non-hydrogen) atoms. The summed E-state index contributed by atoms with van der Waals surface area (Å²) >= 11 is 7.77. The van der Waals surface area contributed by atoms with Gasteiger partial charge in [0.15, 0.2) is 0 Å². The van der Waals surface area contributed by atoms with Crippen molar-refractivity contribution in [2.75, 3.05) is 7.05 Å². The zero-order valence-corrected chi connectivity index (χ0v) is 8.63. The zero-order valence-electron chi connectivity index (χ0n) is 7.06. The van der Waals surface area contributed by atoms with E-state index >= 15 is 0 Å². The van der Waals surface area contributed by atoms with E-state index in [1.54, 1.807) is 11.3 Å². The topological polar surface area (TPSA) is 12.0 Å². The number of nitrogens with one attached hydrogen (secondary N) is 1. The molecule has 2 rings (SSSR count). The Balaban J connectivity index is 2.08. The van der Waals surface area contributed by atoms with E-state index in [0.717, 1.165) is 11.4 Å². The van der Waals surface area contributed by atoms with Gasteiger partial charge in [-0.3, -0.25) is 0 Å². The lowest BCUT2D eigenvalue weighted by atomic mass is 10.1. The van der Waals surface area contributed by atoms with Crippen molar-refractivity contribution in [2.45, 2.75) is 24.8 Å². The van der Waals surface area contributed by atoms with Gasteiger partial charge in [0.25, 0.3) is 0 Å². The van der Waals surface area contributed by atoms with E-state index in [0.29, 0.717) is 5.54 Å². The lowest BCUT2D eigenvalue weighted by molar-refractivity contribution is 0.553. The van der Waals surface area contributed by atoms with Gasteiger partial charge in [-0.25, -0.2) is 0 Å². The summed E-state index contributed by atoms with van der Waals surface area (Å²) in [6.45, 7) is 0. The van der Waals surface area contributed by atoms with Crippen molar-refractivity contribution in [3.63, 3.8) is 0 Å². The maximum atomic E-state index is 6.01. The van der Waals surface area contributed by atoms with E-state index in [1.165, 1.54) is 17.7 Å². The van der Waals surface area contributed by atoms with Gasteiger partial charge in [0.2, 0.25) is 0 Å². The molecule has 0 aliphatic heterocycles. The van der Waals surface area contributed by atoms with Gasteiger partial charge in [-0.15, -0.1) is 11.3 Å². The van der Waals surface area contributed by atoms with E-state index in [-0.39, 0.29) is 0 Å². The van der Waals surface area contributed by atoms with Crippen LogP contribution in [0.3, 0.4) is 0 Å². The predicted octanol–water partition coefficient (Wildman–Crippen LogP) is 2.70. The molecule has 3 heteroatoms. The Morgan fingerprint density at radius 3 is 2.83 bits per heavy atom. The van der Waals surface area contributed by atoms with Gasteiger partial charge in [-0.1, -0.05) is 11.6 Å². The van der Waals surface area contributed by atoms with E-state index in [4.69, 9.17) is 11.6 Å². The summed E-state index contributed by atoms with van der Waals surface area (Å²) in [6.07, 6.45) is 3.68. The Morgan fingerprint density at radius 1 is 1.67 bits per heavy atom. The SMILES string of the molecule is CNC1(Cc2sccc2Cl)CC1. The van der Waals surface area contributed by atoms with E-state index in [9.17, 15) is 0 Å². The summed E-state index contributed by atoms with van der Waals surface area (Å²) in [5.41, 5.74) is 0.383. The quantitative estimate of drug-likeness (QED) is 0.793. The summed E-state index contributed by atoms with van der Waals surface area (Å²) in [6, 6.07) is 1.98. The third-order valence-corrected chi connectivity index (χ3v) is 3.96. The van der Waals surface area contributed by atoms with Gasteiger partial charge in [-0.2, -0.15) is 0 Å². The fourth-order valence-corrected chi connectivity index (χ4v) is 2.67. The van der Waals surface area contributed by atoms with Gasteiger partial charge in [0.1, 0.15) is 0 Å². The molecular weight excluding hydrogens is 190 g/mol. The number of hydrogen-bond acceptors (Lipinski definition) is 2. The predicted molar refractivity (Wildman–Crippen MR) is 54.1 cm³/mol. The lowest BCUT2D eigenvalue weighted by Gasteiger charge is -2.12. The number of hydrogen-bond donors (Lipinski definition) is 1. The van der Waals surface area contributed by atoms with Gasteiger partial charge in [0, 0.05) is 16.8 Å². The molecule has 1 aliphatic carbocycles. The van der Waals surface area contributed by atoms with Crippen molar-refractivity contribution < 1.29 is 0 Å². The Bertz CT molecular complexity index is 278. The average Bonchev–Trinajstić information content (AvgIpc) is 2.74. The number of rotatable bonds is 3. The van der Waals surface area contributed by atoms with Crippen LogP contribution < -0.4 is 5.32 Å². The third kappa shape index (κ3) is 1.51. The fraction of sp³-hybridized carbons (Fsp3) is 0.556. The fourth-order valence-electron chi connectivity index (χ4n) is 1.42. The molecule has 1 N–H and O–H groups in total. The van der Waals surface area contributed by atoms with Gasteiger partial charge < -0.3 is 5.32 Å². The Hall–Kier alpha value is -0.0500. The minimum Gasteiger partial charge on any atom is -0.314 e. The van der Waals surface area contributed by atoms with Crippen LogP contribution in [0.25, 0.3) is 0 Å². The monoisotopic (exact) mass is 201 g/mol. The molecular formula is C9H12ClNS. The minimum absolute atomic E-state index is 0.383. The first-order valence-electron chi connectivity index (χ1n) is 4.17. The maximum absolute atomic E-state index is 6.01. The van der Waals surface area contributed by atoms with Gasteiger partial charge in [0.05, 0.1) is 5.02 Å². The normalized spacial score (nSPS) is 19.5. The van der Waals surface area contributed by atoms with Crippen LogP contribution >= 0.6 is 22.9 Å². The van der Waals surface area contributed by atoms with Crippen LogP contribution in [-0.4, -0.2) is 12.6 Å². The van der Waals surface area contributed by atoms with Crippen LogP contribution in [0.5, 0.6) is 0 Å². The van der Waals surface area contributed by atoms with Crippen LogP contribution in [-0.2, 0) is 6.42 Å². The standard InChI is InChI=1S/C9H12ClNS/c1-11-9(3-4-9)6-8-7(10)2-5-12-8/h2,5,11H,3-4,6H2,1H3. The summed E-state index contributed by atoms with van der Waals surface area (Å²) in [7, 11) is 2.04. The average molecular weight is 202 g/mol. The second-order valence-corrected chi connectivity index (χ2v) is 4.81. The Kier molecular flexibility index (Phi) is 2.15. The highest BCUT2D eigenvalue weighted by Crippen LogP contribution is 2.40. The van der Waals surface area contributed by atoms with Crippen molar-refractivity contribution in [3.05, 3.63) is 21.3 Å². The highest BCUT2D eigenvalue weighted by Gasteiger charge is 2.41. The lowest BCUT2D eigenvalue weighted by Crippen LogP contribution is -2.29. The molecule has 1 heterocycles. The molecule has 0 unspecified atom stereocenters. The van der Waals surface area contributed by atoms with Crippen molar-refractivity contribution in [3.8, 4) is 0 Å². The zero-order chi connectivity index (χ0) is 8.60. The Labute approximate surface area is 81.7 Å². The van der Waals surface area contributed by atoms with Crippen LogP contribution in [0, 0.1) is 0 Å². The molecule has 1 nitrogen and oxygen atoms in total. The largest absolute Gasteiger partial charge is 0.314 e. The molecule has 1 aliphatic rings. The second kappa shape index (κ2) is 3.02. The van der Waals surface area contributed by atoms with Crippen LogP contribution in [0.1, 0.15) is 17.7 Å². The smallest absolute Gasteiger partial charge is 0.0545 e. The summed E-state index contributed by atoms with van der Waals surface area (Å²) in [4.78, 5) is 1.32. The summed E-state index contributed by atoms with van der Waals surface area (Å²) in [5, 5.41) is 6.36. The molecule has 1 aromatic rings. The number of thiophene rings is 1. The number of halogens is 1. The molecule has 0 bridgehead atoms. The van der Waals surface area contributed by atoms with E-state index in [2.05, 4.69) is 10.7 Å². The second-order valence-electron chi connectivity index (χ2n) is 3.40. The van der Waals surface area contributed by atoms with Crippen LogP contribution in [0.4, 0.5) is 0 Å². The first-order valence-corrected chi connectivity index (χ1v) is 5.42. The highest BCUT2D eigenvalue weighted by molar-refractivity contribution is 7.10. The molecule has 0 aromatic carbocycles. The third-order valence-electron chi connectivity index (χ3n) is 2.57. The van der Waals surface area contributed by atoms with Gasteiger partial charge >= 0.3 is 0 Å². The van der Waals surface area contributed by atoms with Crippen LogP contribution in [0.2, 0.25) is 5.02 Å². The molecule has 0 saturated heterocycles. The highest BCUT2D eigenvalue weighted by atomic mass is 35.5.